The van der Waals surface area contributed by atoms with Crippen molar-refractivity contribution in [3.05, 3.63) is 63.1 Å². The smallest absolute Gasteiger partial charge is 0.274 e. The summed E-state index contributed by atoms with van der Waals surface area (Å²) < 4.78 is 28.2. The van der Waals surface area contributed by atoms with Gasteiger partial charge in [-0.2, -0.15) is 0 Å². The largest absolute Gasteiger partial charge is 0.503 e. The van der Waals surface area contributed by atoms with Crippen molar-refractivity contribution in [2.45, 2.75) is 50.9 Å². The van der Waals surface area contributed by atoms with Crippen molar-refractivity contribution in [1.29, 1.82) is 0 Å². The van der Waals surface area contributed by atoms with E-state index in [-0.39, 0.29) is 30.4 Å². The van der Waals surface area contributed by atoms with Gasteiger partial charge in [-0.15, -0.1) is 0 Å². The number of hydrogen-bond acceptors (Lipinski definition) is 5. The van der Waals surface area contributed by atoms with Crippen molar-refractivity contribution in [1.82, 2.24) is 14.8 Å². The minimum atomic E-state index is -1.07. The van der Waals surface area contributed by atoms with E-state index in [4.69, 9.17) is 0 Å². The minimum Gasteiger partial charge on any atom is -0.503 e. The average molecular weight is 447 g/mol. The monoisotopic (exact) mass is 447 g/mol. The summed E-state index contributed by atoms with van der Waals surface area (Å²) in [5.74, 6) is -3.96. The zero-order chi connectivity index (χ0) is 23.4. The van der Waals surface area contributed by atoms with Gasteiger partial charge in [0.1, 0.15) is 17.2 Å². The second-order valence-corrected chi connectivity index (χ2v) is 8.59. The van der Waals surface area contributed by atoms with Crippen LogP contribution < -0.4 is 10.7 Å². The van der Waals surface area contributed by atoms with Crippen LogP contribution in [0.5, 0.6) is 5.75 Å². The van der Waals surface area contributed by atoms with Crippen molar-refractivity contribution in [3.8, 4) is 5.75 Å². The molecule has 0 aliphatic carbocycles. The lowest BCUT2D eigenvalue weighted by atomic mass is 9.89. The molecule has 2 aliphatic heterocycles. The first-order chi connectivity index (χ1) is 15.0. The Morgan fingerprint density at radius 3 is 2.69 bits per heavy atom. The Labute approximate surface area is 182 Å². The summed E-state index contributed by atoms with van der Waals surface area (Å²) in [7, 11) is 0. The molecule has 3 atom stereocenters. The summed E-state index contributed by atoms with van der Waals surface area (Å²) >= 11 is 0. The molecular formula is C22H23F2N3O5. The highest BCUT2D eigenvalue weighted by atomic mass is 19.1. The zero-order valence-electron chi connectivity index (χ0n) is 17.6. The molecular weight excluding hydrogens is 424 g/mol. The minimum absolute atomic E-state index is 0.00740. The third kappa shape index (κ3) is 3.35. The maximum absolute atomic E-state index is 13.9. The maximum atomic E-state index is 13.9. The molecule has 0 unspecified atom stereocenters. The number of carbonyl (C=O) groups is 2. The Kier molecular flexibility index (Phi) is 5.28. The van der Waals surface area contributed by atoms with Crippen LogP contribution in [0.2, 0.25) is 0 Å². The number of aliphatic hydroxyl groups excluding tert-OH is 1. The molecule has 0 radical (unpaired) electrons. The maximum Gasteiger partial charge on any atom is 0.274 e. The van der Waals surface area contributed by atoms with E-state index < -0.39 is 51.8 Å². The standard InChI is InChI=1S/C22H23F2N3O5/c1-11-3-6-16(28)22(2)10-26(11)21(32)17-19(30)18(29)14(9-27(17)22)20(31)25-8-12-4-5-13(23)7-15(12)24/h4-5,7,9,11,16,28,30H,3,6,8,10H2,1-2H3,(H,25,31)/t11-,16-,22+/m0/s1. The Bertz CT molecular complexity index is 1180. The molecule has 1 aromatic heterocycles. The number of nitrogens with one attached hydrogen (secondary N) is 1. The molecule has 0 saturated carbocycles. The second kappa shape index (κ2) is 7.70. The van der Waals surface area contributed by atoms with Gasteiger partial charge in [0, 0.05) is 37.0 Å². The summed E-state index contributed by atoms with van der Waals surface area (Å²) in [6, 6.07) is 2.68. The third-order valence-electron chi connectivity index (χ3n) is 6.49. The first-order valence-electron chi connectivity index (χ1n) is 10.2. The molecule has 8 nitrogen and oxygen atoms in total. The van der Waals surface area contributed by atoms with Gasteiger partial charge in [0.25, 0.3) is 11.8 Å². The Morgan fingerprint density at radius 2 is 2.00 bits per heavy atom. The van der Waals surface area contributed by atoms with Crippen LogP contribution in [0.4, 0.5) is 8.78 Å². The van der Waals surface area contributed by atoms with Gasteiger partial charge in [-0.1, -0.05) is 6.07 Å². The number of hydrogen-bond donors (Lipinski definition) is 3. The van der Waals surface area contributed by atoms with Crippen LogP contribution in [-0.4, -0.2) is 50.2 Å². The van der Waals surface area contributed by atoms with Crippen LogP contribution in [0.15, 0.2) is 29.2 Å². The molecule has 1 aromatic carbocycles. The number of aromatic nitrogens is 1. The van der Waals surface area contributed by atoms with Gasteiger partial charge in [0.2, 0.25) is 5.43 Å². The molecule has 4 rings (SSSR count). The first kappa shape index (κ1) is 21.9. The number of fused-ring (bicyclic) bond motifs is 4. The Balaban J connectivity index is 1.74. The SMILES string of the molecule is C[C@H]1CC[C@H](O)[C@@]2(C)CN1C(=O)c1c(O)c(=O)c(C(=O)NCc3ccc(F)cc3F)cn12. The highest BCUT2D eigenvalue weighted by molar-refractivity contribution is 5.99. The fourth-order valence-electron chi connectivity index (χ4n) is 4.42. The molecule has 2 bridgehead atoms. The highest BCUT2D eigenvalue weighted by Crippen LogP contribution is 2.38. The van der Waals surface area contributed by atoms with Crippen molar-refractivity contribution < 1.29 is 28.6 Å². The second-order valence-electron chi connectivity index (χ2n) is 8.59. The summed E-state index contributed by atoms with van der Waals surface area (Å²) in [6.07, 6.45) is 1.19. The highest BCUT2D eigenvalue weighted by Gasteiger charge is 2.49. The Morgan fingerprint density at radius 1 is 1.28 bits per heavy atom. The molecule has 0 spiro atoms. The number of benzene rings is 1. The number of pyridine rings is 1. The van der Waals surface area contributed by atoms with Crippen molar-refractivity contribution in [2.24, 2.45) is 0 Å². The summed E-state index contributed by atoms with van der Waals surface area (Å²) in [5.41, 5.74) is -2.85. The quantitative estimate of drug-likeness (QED) is 0.660. The first-order valence-corrected chi connectivity index (χ1v) is 10.2. The van der Waals surface area contributed by atoms with Gasteiger partial charge in [-0.05, 0) is 32.8 Å². The fraction of sp³-hybridized carbons (Fsp3) is 0.409. The summed E-state index contributed by atoms with van der Waals surface area (Å²) in [6.45, 7) is 3.35. The lowest BCUT2D eigenvalue weighted by Crippen LogP contribution is -2.58. The van der Waals surface area contributed by atoms with E-state index in [1.54, 1.807) is 6.92 Å². The molecule has 32 heavy (non-hydrogen) atoms. The van der Waals surface area contributed by atoms with Gasteiger partial charge < -0.3 is 25.0 Å². The van der Waals surface area contributed by atoms with Crippen LogP contribution in [0.25, 0.3) is 0 Å². The molecule has 3 heterocycles. The van der Waals surface area contributed by atoms with Crippen molar-refractivity contribution in [2.75, 3.05) is 6.54 Å². The van der Waals surface area contributed by atoms with Crippen LogP contribution in [0.1, 0.15) is 53.1 Å². The van der Waals surface area contributed by atoms with Crippen molar-refractivity contribution in [3.63, 3.8) is 0 Å². The number of carbonyl (C=O) groups excluding carboxylic acids is 2. The summed E-state index contributed by atoms with van der Waals surface area (Å²) in [4.78, 5) is 40.0. The van der Waals surface area contributed by atoms with E-state index in [1.807, 2.05) is 6.92 Å². The normalized spacial score (nSPS) is 24.7. The fourth-order valence-corrected chi connectivity index (χ4v) is 4.42. The van der Waals surface area contributed by atoms with E-state index in [2.05, 4.69) is 5.32 Å². The van der Waals surface area contributed by atoms with E-state index in [1.165, 1.54) is 15.5 Å². The number of aliphatic hydroxyl groups is 1. The molecule has 1 fully saturated rings. The van der Waals surface area contributed by atoms with E-state index >= 15 is 0 Å². The predicted molar refractivity (Wildman–Crippen MR) is 109 cm³/mol. The summed E-state index contributed by atoms with van der Waals surface area (Å²) in [5, 5.41) is 23.8. The van der Waals surface area contributed by atoms with Gasteiger partial charge in [0.05, 0.1) is 11.6 Å². The van der Waals surface area contributed by atoms with Crippen molar-refractivity contribution >= 4 is 11.8 Å². The average Bonchev–Trinajstić information content (AvgIpc) is 2.84. The molecule has 2 aliphatic rings. The molecule has 10 heteroatoms. The van der Waals surface area contributed by atoms with Crippen LogP contribution >= 0.6 is 0 Å². The van der Waals surface area contributed by atoms with Gasteiger partial charge in [0.15, 0.2) is 11.4 Å². The predicted octanol–water partition coefficient (Wildman–Crippen LogP) is 1.48. The number of halogens is 2. The molecule has 2 aromatic rings. The van der Waals surface area contributed by atoms with Crippen LogP contribution in [-0.2, 0) is 12.1 Å². The zero-order valence-corrected chi connectivity index (χ0v) is 17.6. The van der Waals surface area contributed by atoms with Gasteiger partial charge in [-0.3, -0.25) is 14.4 Å². The Hall–Kier alpha value is -3.27. The van der Waals surface area contributed by atoms with E-state index in [9.17, 15) is 33.4 Å². The lowest BCUT2D eigenvalue weighted by Gasteiger charge is -2.45. The van der Waals surface area contributed by atoms with Crippen LogP contribution in [0.3, 0.4) is 0 Å². The number of nitrogens with zero attached hydrogens (tertiary/aromatic N) is 2. The number of rotatable bonds is 3. The topological polar surface area (TPSA) is 112 Å². The van der Waals surface area contributed by atoms with Gasteiger partial charge >= 0.3 is 0 Å². The number of amides is 2. The lowest BCUT2D eigenvalue weighted by molar-refractivity contribution is 0.0109. The molecule has 2 amide bonds. The third-order valence-corrected chi connectivity index (χ3v) is 6.49. The molecule has 170 valence electrons. The number of aromatic hydroxyl groups is 1. The van der Waals surface area contributed by atoms with E-state index in [0.717, 1.165) is 12.3 Å². The van der Waals surface area contributed by atoms with Gasteiger partial charge in [-0.25, -0.2) is 8.78 Å². The van der Waals surface area contributed by atoms with E-state index in [0.29, 0.717) is 18.9 Å². The van der Waals surface area contributed by atoms with Crippen LogP contribution in [0, 0.1) is 11.6 Å². The molecule has 3 N–H and O–H groups in total. The molecule has 1 saturated heterocycles.